The third-order valence-corrected chi connectivity index (χ3v) is 6.01. The van der Waals surface area contributed by atoms with Crippen molar-refractivity contribution in [2.24, 2.45) is 0 Å². The number of halogens is 1. The molecule has 3 nitrogen and oxygen atoms in total. The molecule has 0 radical (unpaired) electrons. The lowest BCUT2D eigenvalue weighted by Crippen LogP contribution is -2.45. The highest BCUT2D eigenvalue weighted by Gasteiger charge is 2.49. The van der Waals surface area contributed by atoms with Gasteiger partial charge >= 0.3 is 0 Å². The molecule has 1 aliphatic heterocycles. The van der Waals surface area contributed by atoms with Crippen LogP contribution in [-0.4, -0.2) is 41.6 Å². The van der Waals surface area contributed by atoms with Crippen LogP contribution in [0.25, 0.3) is 0 Å². The van der Waals surface area contributed by atoms with Gasteiger partial charge in [0.2, 0.25) is 0 Å². The van der Waals surface area contributed by atoms with Crippen molar-refractivity contribution in [1.82, 2.24) is 9.80 Å². The number of nitrogens with zero attached hydrogens (tertiary/aromatic N) is 2. The van der Waals surface area contributed by atoms with Gasteiger partial charge in [-0.25, -0.2) is 4.39 Å². The molecule has 0 spiro atoms. The van der Waals surface area contributed by atoms with Crippen molar-refractivity contribution in [2.75, 3.05) is 14.1 Å². The zero-order chi connectivity index (χ0) is 19.8. The second-order valence-corrected chi connectivity index (χ2v) is 8.05. The number of hydrogen-bond donors (Lipinski definition) is 0. The molecule has 27 heavy (non-hydrogen) atoms. The highest BCUT2D eigenvalue weighted by atomic mass is 31.0. The minimum atomic E-state index is -0.565. The molecule has 0 N–H and O–H groups in total. The van der Waals surface area contributed by atoms with Crippen LogP contribution in [0.2, 0.25) is 0 Å². The van der Waals surface area contributed by atoms with Crippen molar-refractivity contribution in [3.63, 3.8) is 0 Å². The van der Waals surface area contributed by atoms with Crippen molar-refractivity contribution in [2.45, 2.75) is 31.1 Å². The molecule has 3 atom stereocenters. The second-order valence-electron chi connectivity index (χ2n) is 7.42. The van der Waals surface area contributed by atoms with Gasteiger partial charge in [0.1, 0.15) is 11.5 Å². The van der Waals surface area contributed by atoms with E-state index in [9.17, 15) is 9.18 Å². The average Bonchev–Trinajstić information content (AvgIpc) is 2.96. The van der Waals surface area contributed by atoms with E-state index in [1.165, 1.54) is 12.1 Å². The molecular weight excluding hydrogens is 358 g/mol. The maximum atomic E-state index is 13.6. The Labute approximate surface area is 163 Å². The van der Waals surface area contributed by atoms with Gasteiger partial charge in [-0.3, -0.25) is 4.79 Å². The van der Waals surface area contributed by atoms with Crippen LogP contribution < -0.4 is 0 Å². The van der Waals surface area contributed by atoms with Crippen LogP contribution in [-0.2, 0) is 10.2 Å². The molecule has 0 bridgehead atoms. The monoisotopic (exact) mass is 384 g/mol. The third-order valence-electron chi connectivity index (χ3n) is 5.16. The quantitative estimate of drug-likeness (QED) is 0.744. The summed E-state index contributed by atoms with van der Waals surface area (Å²) in [4.78, 5) is 16.7. The summed E-state index contributed by atoms with van der Waals surface area (Å²) in [5.74, 6) is -0.380. The van der Waals surface area contributed by atoms with Gasteiger partial charge in [0, 0.05) is 20.1 Å². The van der Waals surface area contributed by atoms with Crippen LogP contribution in [0, 0.1) is 5.82 Å². The van der Waals surface area contributed by atoms with E-state index in [1.54, 1.807) is 19.0 Å². The summed E-state index contributed by atoms with van der Waals surface area (Å²) in [6.45, 7) is 4.17. The average molecular weight is 384 g/mol. The first kappa shape index (κ1) is 19.6. The predicted octanol–water partition coefficient (Wildman–Crippen LogP) is 4.01. The Bertz CT molecular complexity index is 848. The van der Waals surface area contributed by atoms with Gasteiger partial charge in [-0.2, -0.15) is 0 Å². The Balaban J connectivity index is 2.29. The fourth-order valence-corrected chi connectivity index (χ4v) is 4.85. The van der Waals surface area contributed by atoms with Crippen LogP contribution in [0.3, 0.4) is 0 Å². The smallest absolute Gasteiger partial charge is 0.269 e. The first-order valence-corrected chi connectivity index (χ1v) is 9.75. The molecule has 1 aliphatic rings. The van der Waals surface area contributed by atoms with E-state index >= 15 is 0 Å². The molecule has 0 aromatic heterocycles. The number of likely N-dealkylation sites (N-methyl/N-ethyl adjacent to an activating group) is 1. The molecule has 5 heteroatoms. The number of amides is 1. The zero-order valence-corrected chi connectivity index (χ0v) is 17.3. The molecule has 1 heterocycles. The number of carbonyl (C=O) groups excluding carboxylic acids is 1. The first-order chi connectivity index (χ1) is 12.8. The maximum absolute atomic E-state index is 13.6. The van der Waals surface area contributed by atoms with E-state index in [-0.39, 0.29) is 23.5 Å². The van der Waals surface area contributed by atoms with Gasteiger partial charge in [0.15, 0.2) is 0 Å². The Morgan fingerprint density at radius 1 is 1.07 bits per heavy atom. The number of hydrogen-bond acceptors (Lipinski definition) is 2. The number of rotatable bonds is 4. The van der Waals surface area contributed by atoms with E-state index in [2.05, 4.69) is 46.2 Å². The minimum absolute atomic E-state index is 0.0314. The maximum Gasteiger partial charge on any atom is 0.269 e. The van der Waals surface area contributed by atoms with E-state index < -0.39 is 5.41 Å². The number of benzene rings is 2. The molecule has 0 aliphatic carbocycles. The van der Waals surface area contributed by atoms with Crippen molar-refractivity contribution >= 4 is 15.1 Å². The lowest BCUT2D eigenvalue weighted by atomic mass is 9.74. The Morgan fingerprint density at radius 3 is 2.15 bits per heavy atom. The molecule has 3 unspecified atom stereocenters. The highest BCUT2D eigenvalue weighted by Crippen LogP contribution is 2.49. The molecule has 0 saturated carbocycles. The van der Waals surface area contributed by atoms with Crippen molar-refractivity contribution < 1.29 is 9.18 Å². The molecule has 2 aromatic rings. The zero-order valence-electron chi connectivity index (χ0n) is 16.2. The van der Waals surface area contributed by atoms with Crippen molar-refractivity contribution in [3.8, 4) is 0 Å². The van der Waals surface area contributed by atoms with Gasteiger partial charge in [0.05, 0.1) is 11.2 Å². The Hall–Kier alpha value is -2.19. The third kappa shape index (κ3) is 3.27. The van der Waals surface area contributed by atoms with Crippen LogP contribution in [0.1, 0.15) is 25.0 Å². The summed E-state index contributed by atoms with van der Waals surface area (Å²) in [5, 5.41) is 0. The second kappa shape index (κ2) is 7.44. The summed E-state index contributed by atoms with van der Waals surface area (Å²) in [7, 11) is 6.45. The SMILES string of the molecule is CC(C)N1C(C(=O)N(C)C)=CC(c2ccccc2)(c2ccc(F)cc2)C1P. The fraction of sp³-hybridized carbons (Fsp3) is 0.318. The molecule has 142 valence electrons. The Morgan fingerprint density at radius 2 is 1.63 bits per heavy atom. The first-order valence-electron chi connectivity index (χ1n) is 9.09. The summed E-state index contributed by atoms with van der Waals surface area (Å²) >= 11 is 0. The van der Waals surface area contributed by atoms with E-state index in [4.69, 9.17) is 0 Å². The van der Waals surface area contributed by atoms with Gasteiger partial charge in [-0.1, -0.05) is 42.5 Å². The summed E-state index contributed by atoms with van der Waals surface area (Å²) in [6.07, 6.45) is 2.05. The van der Waals surface area contributed by atoms with Gasteiger partial charge in [-0.05, 0) is 43.2 Å². The topological polar surface area (TPSA) is 23.6 Å². The molecule has 0 fully saturated rings. The van der Waals surface area contributed by atoms with E-state index in [1.807, 2.05) is 30.3 Å². The standard InChI is InChI=1S/C22H26FN2OP/c1-15(2)25-19(20(26)24(3)4)14-22(21(25)27,16-8-6-5-7-9-16)17-10-12-18(23)13-11-17/h5-15,21H,27H2,1-4H3. The molecule has 0 saturated heterocycles. The van der Waals surface area contributed by atoms with Crippen LogP contribution in [0.4, 0.5) is 4.39 Å². The van der Waals surface area contributed by atoms with Crippen molar-refractivity contribution in [3.05, 3.63) is 83.3 Å². The fourth-order valence-electron chi connectivity index (χ4n) is 3.86. The highest BCUT2D eigenvalue weighted by molar-refractivity contribution is 7.17. The summed E-state index contributed by atoms with van der Waals surface area (Å²) in [6, 6.07) is 16.8. The molecule has 3 rings (SSSR count). The van der Waals surface area contributed by atoms with Crippen LogP contribution in [0.5, 0.6) is 0 Å². The minimum Gasteiger partial charge on any atom is -0.357 e. The Kier molecular flexibility index (Phi) is 5.39. The lowest BCUT2D eigenvalue weighted by Gasteiger charge is -2.40. The van der Waals surface area contributed by atoms with Crippen LogP contribution >= 0.6 is 9.24 Å². The van der Waals surface area contributed by atoms with Gasteiger partial charge in [0.25, 0.3) is 5.91 Å². The molecule has 1 amide bonds. The van der Waals surface area contributed by atoms with Gasteiger partial charge < -0.3 is 9.80 Å². The molecule has 2 aromatic carbocycles. The number of carbonyl (C=O) groups is 1. The van der Waals surface area contributed by atoms with E-state index in [0.717, 1.165) is 11.1 Å². The molecular formula is C22H26FN2OP. The normalized spacial score (nSPS) is 22.1. The predicted molar refractivity (Wildman–Crippen MR) is 111 cm³/mol. The summed E-state index contributed by atoms with van der Waals surface area (Å²) in [5.41, 5.74) is 2.14. The lowest BCUT2D eigenvalue weighted by molar-refractivity contribution is -0.126. The van der Waals surface area contributed by atoms with Crippen molar-refractivity contribution in [1.29, 1.82) is 0 Å². The largest absolute Gasteiger partial charge is 0.357 e. The van der Waals surface area contributed by atoms with E-state index in [0.29, 0.717) is 5.70 Å². The van der Waals surface area contributed by atoms with Crippen LogP contribution in [0.15, 0.2) is 66.4 Å². The summed E-state index contributed by atoms with van der Waals surface area (Å²) < 4.78 is 13.6. The van der Waals surface area contributed by atoms with Gasteiger partial charge in [-0.15, -0.1) is 9.24 Å².